The molecule has 4 heteroatoms. The summed E-state index contributed by atoms with van der Waals surface area (Å²) in [7, 11) is 0. The normalized spacial score (nSPS) is 17.3. The number of aryl methyl sites for hydroxylation is 2. The van der Waals surface area contributed by atoms with Gasteiger partial charge in [-0.1, -0.05) is 47.5 Å². The van der Waals surface area contributed by atoms with Crippen molar-refractivity contribution in [2.45, 2.75) is 32.7 Å². The maximum atomic E-state index is 12.6. The van der Waals surface area contributed by atoms with Gasteiger partial charge in [0.25, 0.3) is 0 Å². The van der Waals surface area contributed by atoms with E-state index in [1.54, 1.807) is 6.07 Å². The molecule has 120 valence electrons. The van der Waals surface area contributed by atoms with Gasteiger partial charge in [0.2, 0.25) is 0 Å². The second-order valence-corrected chi connectivity index (χ2v) is 6.56. The molecule has 0 saturated carbocycles. The van der Waals surface area contributed by atoms with Crippen LogP contribution in [0.3, 0.4) is 0 Å². The second-order valence-electron chi connectivity index (χ2n) is 6.16. The van der Waals surface area contributed by atoms with Crippen LogP contribution < -0.4 is 5.32 Å². The minimum absolute atomic E-state index is 0.0620. The molecule has 23 heavy (non-hydrogen) atoms. The average molecular weight is 329 g/mol. The lowest BCUT2D eigenvalue weighted by atomic mass is 10.0. The Morgan fingerprint density at radius 2 is 1.91 bits per heavy atom. The molecule has 0 aliphatic carbocycles. The zero-order valence-electron chi connectivity index (χ0n) is 13.5. The molecule has 2 aromatic carbocycles. The quantitative estimate of drug-likeness (QED) is 0.794. The molecule has 0 spiro atoms. The third kappa shape index (κ3) is 3.50. The summed E-state index contributed by atoms with van der Waals surface area (Å²) in [5.41, 5.74) is 4.17. The first kappa shape index (κ1) is 15.9. The molecule has 1 fully saturated rings. The average Bonchev–Trinajstić information content (AvgIpc) is 3.01. The number of hydrogen-bond donors (Lipinski definition) is 1. The van der Waals surface area contributed by atoms with E-state index in [-0.39, 0.29) is 12.1 Å². The van der Waals surface area contributed by atoms with Crippen LogP contribution in [0.2, 0.25) is 5.02 Å². The molecule has 1 N–H and O–H groups in total. The van der Waals surface area contributed by atoms with Gasteiger partial charge in [-0.3, -0.25) is 0 Å². The summed E-state index contributed by atoms with van der Waals surface area (Å²) in [6.07, 6.45) is 2.03. The van der Waals surface area contributed by atoms with Crippen molar-refractivity contribution < 1.29 is 4.79 Å². The third-order valence-electron chi connectivity index (χ3n) is 4.40. The largest absolute Gasteiger partial charge is 0.322 e. The Kier molecular flexibility index (Phi) is 4.58. The van der Waals surface area contributed by atoms with Crippen LogP contribution in [0, 0.1) is 13.8 Å². The van der Waals surface area contributed by atoms with Crippen molar-refractivity contribution in [1.29, 1.82) is 0 Å². The van der Waals surface area contributed by atoms with Crippen LogP contribution in [0.1, 0.15) is 35.6 Å². The van der Waals surface area contributed by atoms with E-state index in [4.69, 9.17) is 11.6 Å². The number of rotatable bonds is 2. The Morgan fingerprint density at radius 1 is 1.17 bits per heavy atom. The fourth-order valence-corrected chi connectivity index (χ4v) is 3.19. The predicted octanol–water partition coefficient (Wildman–Crippen LogP) is 5.33. The van der Waals surface area contributed by atoms with Crippen molar-refractivity contribution in [3.8, 4) is 0 Å². The lowest BCUT2D eigenvalue weighted by Gasteiger charge is -2.25. The smallest absolute Gasteiger partial charge is 0.317 e. The number of likely N-dealkylation sites (tertiary alicyclic amines) is 1. The summed E-state index contributed by atoms with van der Waals surface area (Å²) in [4.78, 5) is 14.5. The first-order valence-corrected chi connectivity index (χ1v) is 8.33. The van der Waals surface area contributed by atoms with E-state index in [1.807, 2.05) is 24.0 Å². The molecule has 3 nitrogen and oxygen atoms in total. The number of nitrogens with one attached hydrogen (secondary N) is 1. The van der Waals surface area contributed by atoms with Crippen molar-refractivity contribution in [2.75, 3.05) is 11.9 Å². The first-order valence-electron chi connectivity index (χ1n) is 7.95. The highest BCUT2D eigenvalue weighted by Crippen LogP contribution is 2.32. The Balaban J connectivity index is 1.75. The maximum Gasteiger partial charge on any atom is 0.322 e. The minimum atomic E-state index is -0.0620. The molecule has 1 atom stereocenters. The lowest BCUT2D eigenvalue weighted by Crippen LogP contribution is -2.34. The van der Waals surface area contributed by atoms with Crippen molar-refractivity contribution in [3.63, 3.8) is 0 Å². The van der Waals surface area contributed by atoms with Gasteiger partial charge in [-0.2, -0.15) is 0 Å². The zero-order chi connectivity index (χ0) is 16.4. The van der Waals surface area contributed by atoms with Crippen LogP contribution in [-0.4, -0.2) is 17.5 Å². The fraction of sp³-hybridized carbons (Fsp3) is 0.316. The van der Waals surface area contributed by atoms with Gasteiger partial charge >= 0.3 is 6.03 Å². The molecule has 3 rings (SSSR count). The highest BCUT2D eigenvalue weighted by atomic mass is 35.5. The number of benzene rings is 2. The number of nitrogens with zero attached hydrogens (tertiary/aromatic N) is 1. The lowest BCUT2D eigenvalue weighted by molar-refractivity contribution is 0.207. The Labute approximate surface area is 142 Å². The molecule has 2 aromatic rings. The van der Waals surface area contributed by atoms with Crippen LogP contribution in [0.25, 0.3) is 0 Å². The molecule has 0 radical (unpaired) electrons. The number of carbonyl (C=O) groups excluding carboxylic acids is 1. The standard InChI is InChI=1S/C19H21ClN2O/c1-13-5-8-15(9-6-13)18-4-3-11-22(18)19(23)21-16-10-7-14(2)17(20)12-16/h5-10,12,18H,3-4,11H2,1-2H3,(H,21,23)/t18-/m1/s1. The van der Waals surface area contributed by atoms with Gasteiger partial charge in [-0.05, 0) is 49.9 Å². The van der Waals surface area contributed by atoms with E-state index in [2.05, 4.69) is 36.5 Å². The topological polar surface area (TPSA) is 32.3 Å². The number of urea groups is 1. The van der Waals surface area contributed by atoms with Gasteiger partial charge in [0.05, 0.1) is 6.04 Å². The van der Waals surface area contributed by atoms with E-state index < -0.39 is 0 Å². The SMILES string of the molecule is Cc1ccc([C@H]2CCCN2C(=O)Nc2ccc(C)c(Cl)c2)cc1. The molecular formula is C19H21ClN2O. The van der Waals surface area contributed by atoms with Crippen molar-refractivity contribution in [1.82, 2.24) is 4.90 Å². The van der Waals surface area contributed by atoms with Crippen molar-refractivity contribution in [2.24, 2.45) is 0 Å². The Morgan fingerprint density at radius 3 is 2.61 bits per heavy atom. The molecule has 2 amide bonds. The number of hydrogen-bond acceptors (Lipinski definition) is 1. The van der Waals surface area contributed by atoms with Crippen LogP contribution in [0.4, 0.5) is 10.5 Å². The fourth-order valence-electron chi connectivity index (χ4n) is 3.01. The summed E-state index contributed by atoms with van der Waals surface area (Å²) in [5.74, 6) is 0. The van der Waals surface area contributed by atoms with Crippen LogP contribution in [0.15, 0.2) is 42.5 Å². The van der Waals surface area contributed by atoms with Crippen LogP contribution in [-0.2, 0) is 0 Å². The van der Waals surface area contributed by atoms with Gasteiger partial charge in [-0.25, -0.2) is 4.79 Å². The molecule has 1 saturated heterocycles. The molecule has 1 aliphatic rings. The molecule has 1 aliphatic heterocycles. The number of halogens is 1. The molecule has 1 heterocycles. The number of carbonyl (C=O) groups is 1. The van der Waals surface area contributed by atoms with Crippen molar-refractivity contribution >= 4 is 23.3 Å². The Hall–Kier alpha value is -2.00. The van der Waals surface area contributed by atoms with Gasteiger partial charge in [0.15, 0.2) is 0 Å². The van der Waals surface area contributed by atoms with E-state index >= 15 is 0 Å². The van der Waals surface area contributed by atoms with E-state index in [1.165, 1.54) is 11.1 Å². The van der Waals surface area contributed by atoms with Gasteiger partial charge in [0, 0.05) is 17.3 Å². The molecule has 0 aromatic heterocycles. The minimum Gasteiger partial charge on any atom is -0.317 e. The third-order valence-corrected chi connectivity index (χ3v) is 4.81. The first-order chi connectivity index (χ1) is 11.0. The van der Waals surface area contributed by atoms with E-state index in [0.29, 0.717) is 5.02 Å². The van der Waals surface area contributed by atoms with Crippen LogP contribution >= 0.6 is 11.6 Å². The highest BCUT2D eigenvalue weighted by molar-refractivity contribution is 6.31. The monoisotopic (exact) mass is 328 g/mol. The number of amides is 2. The molecular weight excluding hydrogens is 308 g/mol. The highest BCUT2D eigenvalue weighted by Gasteiger charge is 2.29. The van der Waals surface area contributed by atoms with E-state index in [9.17, 15) is 4.79 Å². The predicted molar refractivity (Wildman–Crippen MR) is 95.1 cm³/mol. The van der Waals surface area contributed by atoms with Gasteiger partial charge in [-0.15, -0.1) is 0 Å². The Bertz CT molecular complexity index is 712. The summed E-state index contributed by atoms with van der Waals surface area (Å²) in [6.45, 7) is 4.80. The maximum absolute atomic E-state index is 12.6. The summed E-state index contributed by atoms with van der Waals surface area (Å²) in [5, 5.41) is 3.63. The van der Waals surface area contributed by atoms with E-state index in [0.717, 1.165) is 30.6 Å². The zero-order valence-corrected chi connectivity index (χ0v) is 14.2. The number of anilines is 1. The second kappa shape index (κ2) is 6.63. The summed E-state index contributed by atoms with van der Waals surface area (Å²) < 4.78 is 0. The van der Waals surface area contributed by atoms with Crippen LogP contribution in [0.5, 0.6) is 0 Å². The summed E-state index contributed by atoms with van der Waals surface area (Å²) in [6, 6.07) is 14.1. The van der Waals surface area contributed by atoms with Crippen molar-refractivity contribution in [3.05, 3.63) is 64.2 Å². The van der Waals surface area contributed by atoms with Gasteiger partial charge < -0.3 is 10.2 Å². The summed E-state index contributed by atoms with van der Waals surface area (Å²) >= 11 is 6.13. The molecule has 0 unspecified atom stereocenters. The van der Waals surface area contributed by atoms with Gasteiger partial charge in [0.1, 0.15) is 0 Å². The molecule has 0 bridgehead atoms.